The summed E-state index contributed by atoms with van der Waals surface area (Å²) in [6.07, 6.45) is 5.52. The summed E-state index contributed by atoms with van der Waals surface area (Å²) in [5.41, 5.74) is -0.122. The minimum atomic E-state index is -0.934. The third-order valence-corrected chi connectivity index (χ3v) is 4.66. The van der Waals surface area contributed by atoms with Crippen LogP contribution in [0.15, 0.2) is 12.3 Å². The first-order valence-electron chi connectivity index (χ1n) is 10.2. The number of esters is 2. The molecule has 1 aliphatic carbocycles. The number of amides is 1. The number of carbonyl (C=O) groups excluding carboxylic acids is 3. The van der Waals surface area contributed by atoms with Crippen LogP contribution in [-0.4, -0.2) is 61.6 Å². The number of aromatic nitrogens is 1. The molecule has 1 aromatic heterocycles. The van der Waals surface area contributed by atoms with Crippen LogP contribution < -0.4 is 14.8 Å². The maximum absolute atomic E-state index is 12.7. The Morgan fingerprint density at radius 2 is 1.94 bits per heavy atom. The highest BCUT2D eigenvalue weighted by Crippen LogP contribution is 2.29. The summed E-state index contributed by atoms with van der Waals surface area (Å²) in [5, 5.41) is 2.53. The van der Waals surface area contributed by atoms with Crippen LogP contribution in [0.3, 0.4) is 0 Å². The van der Waals surface area contributed by atoms with E-state index in [1.165, 1.54) is 33.2 Å². The highest BCUT2D eigenvalue weighted by molar-refractivity contribution is 5.98. The number of methoxy groups -OCH3 is 1. The Morgan fingerprint density at radius 1 is 1.23 bits per heavy atom. The Bertz CT molecular complexity index is 764. The molecule has 1 heterocycles. The van der Waals surface area contributed by atoms with E-state index in [0.717, 1.165) is 25.7 Å². The zero-order valence-corrected chi connectivity index (χ0v) is 18.3. The van der Waals surface area contributed by atoms with Gasteiger partial charge in [-0.1, -0.05) is 12.8 Å². The van der Waals surface area contributed by atoms with Crippen molar-refractivity contribution in [3.8, 4) is 11.5 Å². The van der Waals surface area contributed by atoms with Crippen molar-refractivity contribution in [2.24, 2.45) is 0 Å². The molecule has 10 nitrogen and oxygen atoms in total. The van der Waals surface area contributed by atoms with Gasteiger partial charge in [-0.2, -0.15) is 0 Å². The zero-order chi connectivity index (χ0) is 22.8. The van der Waals surface area contributed by atoms with Gasteiger partial charge < -0.3 is 29.0 Å². The molecule has 172 valence electrons. The van der Waals surface area contributed by atoms with Gasteiger partial charge in [-0.05, 0) is 26.7 Å². The normalized spacial score (nSPS) is 15.6. The molecule has 1 aromatic rings. The van der Waals surface area contributed by atoms with Crippen molar-refractivity contribution in [2.45, 2.75) is 64.7 Å². The molecule has 1 N–H and O–H groups in total. The number of carbonyl (C=O) groups is 3. The molecule has 2 atom stereocenters. The predicted molar refractivity (Wildman–Crippen MR) is 109 cm³/mol. The molecule has 0 aliphatic heterocycles. The minimum absolute atomic E-state index is 0.0114. The summed E-state index contributed by atoms with van der Waals surface area (Å²) in [5.74, 6) is -1.60. The molecule has 0 saturated heterocycles. The third-order valence-electron chi connectivity index (χ3n) is 4.66. The molecule has 1 amide bonds. The van der Waals surface area contributed by atoms with Gasteiger partial charge in [-0.15, -0.1) is 0 Å². The van der Waals surface area contributed by atoms with Crippen LogP contribution in [0.5, 0.6) is 11.5 Å². The van der Waals surface area contributed by atoms with Crippen molar-refractivity contribution in [2.75, 3.05) is 20.5 Å². The molecule has 0 radical (unpaired) electrons. The van der Waals surface area contributed by atoms with Crippen molar-refractivity contribution in [1.82, 2.24) is 10.3 Å². The van der Waals surface area contributed by atoms with Crippen LogP contribution in [0.4, 0.5) is 0 Å². The number of rotatable bonds is 11. The molecular weight excluding hydrogens is 408 g/mol. The van der Waals surface area contributed by atoms with E-state index in [-0.39, 0.29) is 23.3 Å². The van der Waals surface area contributed by atoms with Gasteiger partial charge in [0.2, 0.25) is 6.79 Å². The third kappa shape index (κ3) is 7.71. The summed E-state index contributed by atoms with van der Waals surface area (Å²) in [6, 6.07) is 0.555. The molecule has 2 rings (SSSR count). The molecule has 31 heavy (non-hydrogen) atoms. The Morgan fingerprint density at radius 3 is 2.58 bits per heavy atom. The standard InChI is InChI=1S/C21H30N2O8/c1-13(11-28-16-7-5-6-8-16)31-21(26)14(2)23-20(25)18-19(30-12-29-15(3)24)17(27-4)9-10-22-18/h9-10,13-14,16H,5-8,11-12H2,1-4H3,(H,23,25)/t13-,14-/m0/s1. The minimum Gasteiger partial charge on any atom is -0.493 e. The Labute approximate surface area is 181 Å². The van der Waals surface area contributed by atoms with Gasteiger partial charge in [-0.3, -0.25) is 9.59 Å². The van der Waals surface area contributed by atoms with Gasteiger partial charge in [0.05, 0.1) is 19.8 Å². The summed E-state index contributed by atoms with van der Waals surface area (Å²) in [4.78, 5) is 40.0. The van der Waals surface area contributed by atoms with E-state index in [1.807, 2.05) is 0 Å². The molecule has 1 fully saturated rings. The average Bonchev–Trinajstić information content (AvgIpc) is 3.25. The number of ether oxygens (including phenoxy) is 5. The Balaban J connectivity index is 1.93. The number of pyridine rings is 1. The first-order chi connectivity index (χ1) is 14.8. The smallest absolute Gasteiger partial charge is 0.328 e. The van der Waals surface area contributed by atoms with Gasteiger partial charge >= 0.3 is 11.9 Å². The monoisotopic (exact) mass is 438 g/mol. The van der Waals surface area contributed by atoms with Gasteiger partial charge in [0, 0.05) is 19.2 Å². The van der Waals surface area contributed by atoms with E-state index in [2.05, 4.69) is 10.3 Å². The van der Waals surface area contributed by atoms with Gasteiger partial charge in [0.15, 0.2) is 17.2 Å². The molecule has 0 aromatic carbocycles. The van der Waals surface area contributed by atoms with E-state index >= 15 is 0 Å². The van der Waals surface area contributed by atoms with Crippen LogP contribution in [0.25, 0.3) is 0 Å². The highest BCUT2D eigenvalue weighted by atomic mass is 16.7. The molecule has 0 bridgehead atoms. The predicted octanol–water partition coefficient (Wildman–Crippen LogP) is 2.00. The molecular formula is C21H30N2O8. The number of hydrogen-bond donors (Lipinski definition) is 1. The molecule has 0 spiro atoms. The fourth-order valence-electron chi connectivity index (χ4n) is 3.05. The molecule has 1 aliphatic rings. The van der Waals surface area contributed by atoms with Gasteiger partial charge in [0.1, 0.15) is 12.1 Å². The van der Waals surface area contributed by atoms with E-state index in [1.54, 1.807) is 6.92 Å². The van der Waals surface area contributed by atoms with Crippen molar-refractivity contribution >= 4 is 17.8 Å². The lowest BCUT2D eigenvalue weighted by Crippen LogP contribution is -2.41. The lowest BCUT2D eigenvalue weighted by atomic mass is 10.2. The Kier molecular flexibility index (Phi) is 9.51. The van der Waals surface area contributed by atoms with Gasteiger partial charge in [0.25, 0.3) is 5.91 Å². The fraction of sp³-hybridized carbons (Fsp3) is 0.619. The van der Waals surface area contributed by atoms with E-state index in [9.17, 15) is 14.4 Å². The van der Waals surface area contributed by atoms with E-state index in [0.29, 0.717) is 6.61 Å². The summed E-state index contributed by atoms with van der Waals surface area (Å²) in [7, 11) is 1.39. The maximum atomic E-state index is 12.7. The molecule has 10 heteroatoms. The van der Waals surface area contributed by atoms with Gasteiger partial charge in [-0.25, -0.2) is 9.78 Å². The van der Waals surface area contributed by atoms with Crippen LogP contribution >= 0.6 is 0 Å². The summed E-state index contributed by atoms with van der Waals surface area (Å²) in [6.45, 7) is 4.36. The number of hydrogen-bond acceptors (Lipinski definition) is 9. The Hall–Kier alpha value is -2.88. The second kappa shape index (κ2) is 12.1. The van der Waals surface area contributed by atoms with Crippen molar-refractivity contribution < 1.29 is 38.1 Å². The lowest BCUT2D eigenvalue weighted by molar-refractivity contribution is -0.154. The topological polar surface area (TPSA) is 122 Å². The second-order valence-corrected chi connectivity index (χ2v) is 7.27. The van der Waals surface area contributed by atoms with Crippen LogP contribution in [-0.2, 0) is 23.8 Å². The zero-order valence-electron chi connectivity index (χ0n) is 18.3. The fourth-order valence-corrected chi connectivity index (χ4v) is 3.05. The first-order valence-corrected chi connectivity index (χ1v) is 10.2. The highest BCUT2D eigenvalue weighted by Gasteiger charge is 2.25. The van der Waals surface area contributed by atoms with Crippen molar-refractivity contribution in [3.05, 3.63) is 18.0 Å². The summed E-state index contributed by atoms with van der Waals surface area (Å²) >= 11 is 0. The van der Waals surface area contributed by atoms with E-state index in [4.69, 9.17) is 23.7 Å². The van der Waals surface area contributed by atoms with Crippen LogP contribution in [0.2, 0.25) is 0 Å². The van der Waals surface area contributed by atoms with Crippen LogP contribution in [0, 0.1) is 0 Å². The average molecular weight is 438 g/mol. The molecule has 1 saturated carbocycles. The number of nitrogens with zero attached hydrogens (tertiary/aromatic N) is 1. The van der Waals surface area contributed by atoms with E-state index < -0.39 is 36.8 Å². The maximum Gasteiger partial charge on any atom is 0.328 e. The van der Waals surface area contributed by atoms with Crippen molar-refractivity contribution in [3.63, 3.8) is 0 Å². The number of nitrogens with one attached hydrogen (secondary N) is 1. The first kappa shape index (κ1) is 24.4. The quantitative estimate of drug-likeness (QED) is 0.408. The second-order valence-electron chi connectivity index (χ2n) is 7.27. The van der Waals surface area contributed by atoms with Crippen molar-refractivity contribution in [1.29, 1.82) is 0 Å². The lowest BCUT2D eigenvalue weighted by Gasteiger charge is -2.20. The van der Waals surface area contributed by atoms with Crippen LogP contribution in [0.1, 0.15) is 56.9 Å². The summed E-state index contributed by atoms with van der Waals surface area (Å²) < 4.78 is 26.4. The molecule has 0 unspecified atom stereocenters. The largest absolute Gasteiger partial charge is 0.493 e. The SMILES string of the molecule is COc1ccnc(C(=O)N[C@@H](C)C(=O)O[C@@H](C)COC2CCCC2)c1OCOC(C)=O.